The van der Waals surface area contributed by atoms with Crippen molar-refractivity contribution in [1.29, 1.82) is 0 Å². The van der Waals surface area contributed by atoms with Gasteiger partial charge in [-0.1, -0.05) is 51.1 Å². The molecule has 0 saturated heterocycles. The first-order chi connectivity index (χ1) is 15.3. The lowest BCUT2D eigenvalue weighted by Gasteiger charge is -2.13. The molecule has 3 heterocycles. The van der Waals surface area contributed by atoms with Crippen molar-refractivity contribution in [3.63, 3.8) is 0 Å². The number of rotatable bonds is 5. The standard InChI is InChI=1S/C23H23N7O2/c1-23(2,3)18-14-19(30(28-18)22-24-12-7-13-25-22)26-20(31)15-29-21(32)11-10-17(27-29)16-8-5-4-6-9-16/h4-14H,15H2,1-3H3,(H,26,31). The Morgan fingerprint density at radius 1 is 0.969 bits per heavy atom. The first kappa shape index (κ1) is 21.1. The molecule has 9 heteroatoms. The Kier molecular flexibility index (Phi) is 5.63. The minimum absolute atomic E-state index is 0.245. The molecule has 162 valence electrons. The smallest absolute Gasteiger partial charge is 0.267 e. The Morgan fingerprint density at radius 3 is 2.38 bits per heavy atom. The highest BCUT2D eigenvalue weighted by Crippen LogP contribution is 2.25. The van der Waals surface area contributed by atoms with Crippen LogP contribution in [-0.4, -0.2) is 35.4 Å². The monoisotopic (exact) mass is 429 g/mol. The first-order valence-electron chi connectivity index (χ1n) is 10.1. The topological polar surface area (TPSA) is 108 Å². The summed E-state index contributed by atoms with van der Waals surface area (Å²) in [5, 5.41) is 11.7. The van der Waals surface area contributed by atoms with Crippen LogP contribution in [0, 0.1) is 0 Å². The van der Waals surface area contributed by atoms with Crippen LogP contribution in [0.3, 0.4) is 0 Å². The summed E-state index contributed by atoms with van der Waals surface area (Å²) < 4.78 is 2.62. The van der Waals surface area contributed by atoms with E-state index in [1.807, 2.05) is 51.1 Å². The number of benzene rings is 1. The summed E-state index contributed by atoms with van der Waals surface area (Å²) in [5.41, 5.74) is 1.62. The van der Waals surface area contributed by atoms with Crippen LogP contribution in [0.4, 0.5) is 5.82 Å². The summed E-state index contributed by atoms with van der Waals surface area (Å²) >= 11 is 0. The van der Waals surface area contributed by atoms with Crippen LogP contribution in [0.25, 0.3) is 17.2 Å². The molecule has 0 aliphatic heterocycles. The highest BCUT2D eigenvalue weighted by Gasteiger charge is 2.22. The van der Waals surface area contributed by atoms with Gasteiger partial charge in [0.1, 0.15) is 12.4 Å². The summed E-state index contributed by atoms with van der Waals surface area (Å²) in [4.78, 5) is 33.6. The van der Waals surface area contributed by atoms with Gasteiger partial charge in [-0.2, -0.15) is 14.9 Å². The molecule has 0 bridgehead atoms. The minimum atomic E-state index is -0.414. The molecule has 32 heavy (non-hydrogen) atoms. The molecule has 0 aliphatic carbocycles. The number of anilines is 1. The number of nitrogens with zero attached hydrogens (tertiary/aromatic N) is 6. The van der Waals surface area contributed by atoms with Gasteiger partial charge in [0, 0.05) is 35.5 Å². The predicted molar refractivity (Wildman–Crippen MR) is 120 cm³/mol. The number of carbonyl (C=O) groups excluding carboxylic acids is 1. The molecule has 3 aromatic heterocycles. The van der Waals surface area contributed by atoms with E-state index in [0.29, 0.717) is 17.5 Å². The van der Waals surface area contributed by atoms with Gasteiger partial charge in [-0.3, -0.25) is 9.59 Å². The van der Waals surface area contributed by atoms with Crippen molar-refractivity contribution in [2.24, 2.45) is 0 Å². The van der Waals surface area contributed by atoms with E-state index in [-0.39, 0.29) is 17.5 Å². The predicted octanol–water partition coefficient (Wildman–Crippen LogP) is 2.82. The first-order valence-corrected chi connectivity index (χ1v) is 10.1. The lowest BCUT2D eigenvalue weighted by Crippen LogP contribution is -2.29. The molecule has 0 atom stereocenters. The Bertz CT molecular complexity index is 1290. The third kappa shape index (κ3) is 4.61. The number of amides is 1. The van der Waals surface area contributed by atoms with E-state index in [9.17, 15) is 9.59 Å². The number of hydrogen-bond donors (Lipinski definition) is 1. The van der Waals surface area contributed by atoms with E-state index in [2.05, 4.69) is 25.5 Å². The molecule has 4 rings (SSSR count). The van der Waals surface area contributed by atoms with Gasteiger partial charge in [0.15, 0.2) is 0 Å². The Morgan fingerprint density at radius 2 is 1.69 bits per heavy atom. The van der Waals surface area contributed by atoms with E-state index in [0.717, 1.165) is 15.9 Å². The number of carbonyl (C=O) groups is 1. The molecule has 0 radical (unpaired) electrons. The normalized spacial score (nSPS) is 11.3. The number of aromatic nitrogens is 6. The fourth-order valence-electron chi connectivity index (χ4n) is 3.03. The molecule has 1 amide bonds. The van der Waals surface area contributed by atoms with Gasteiger partial charge in [-0.25, -0.2) is 14.6 Å². The molecule has 0 spiro atoms. The van der Waals surface area contributed by atoms with Crippen LogP contribution in [-0.2, 0) is 16.8 Å². The van der Waals surface area contributed by atoms with Crippen molar-refractivity contribution in [2.45, 2.75) is 32.7 Å². The quantitative estimate of drug-likeness (QED) is 0.523. The second-order valence-corrected chi connectivity index (χ2v) is 8.25. The third-order valence-corrected chi connectivity index (χ3v) is 4.72. The van der Waals surface area contributed by atoms with E-state index in [4.69, 9.17) is 0 Å². The van der Waals surface area contributed by atoms with Crippen LogP contribution >= 0.6 is 0 Å². The van der Waals surface area contributed by atoms with Crippen LogP contribution in [0.5, 0.6) is 0 Å². The molecule has 0 aliphatic rings. The summed E-state index contributed by atoms with van der Waals surface area (Å²) in [6.45, 7) is 5.83. The second-order valence-electron chi connectivity index (χ2n) is 8.25. The third-order valence-electron chi connectivity index (χ3n) is 4.72. The van der Waals surface area contributed by atoms with Gasteiger partial charge in [0.05, 0.1) is 11.4 Å². The molecule has 0 fully saturated rings. The molecule has 0 unspecified atom stereocenters. The summed E-state index contributed by atoms with van der Waals surface area (Å²) in [6.07, 6.45) is 3.20. The van der Waals surface area contributed by atoms with Crippen molar-refractivity contribution in [3.8, 4) is 17.2 Å². The lowest BCUT2D eigenvalue weighted by atomic mass is 9.92. The fraction of sp³-hybridized carbons (Fsp3) is 0.217. The highest BCUT2D eigenvalue weighted by molar-refractivity contribution is 5.90. The number of hydrogen-bond acceptors (Lipinski definition) is 6. The molecule has 1 N–H and O–H groups in total. The van der Waals surface area contributed by atoms with E-state index in [1.54, 1.807) is 30.6 Å². The zero-order chi connectivity index (χ0) is 22.7. The maximum absolute atomic E-state index is 12.8. The average molecular weight is 429 g/mol. The maximum Gasteiger partial charge on any atom is 0.267 e. The maximum atomic E-state index is 12.8. The largest absolute Gasteiger partial charge is 0.309 e. The van der Waals surface area contributed by atoms with E-state index in [1.165, 1.54) is 10.7 Å². The Labute approximate surface area is 184 Å². The van der Waals surface area contributed by atoms with E-state index < -0.39 is 5.91 Å². The number of nitrogens with one attached hydrogen (secondary N) is 1. The molecule has 1 aromatic carbocycles. The van der Waals surface area contributed by atoms with Gasteiger partial charge in [0.25, 0.3) is 11.5 Å². The molecule has 9 nitrogen and oxygen atoms in total. The molecular formula is C23H23N7O2. The zero-order valence-corrected chi connectivity index (χ0v) is 18.1. The van der Waals surface area contributed by atoms with Gasteiger partial charge < -0.3 is 5.32 Å². The van der Waals surface area contributed by atoms with Crippen LogP contribution < -0.4 is 10.9 Å². The molecule has 0 saturated carbocycles. The van der Waals surface area contributed by atoms with Crippen LogP contribution in [0.2, 0.25) is 0 Å². The average Bonchev–Trinajstić information content (AvgIpc) is 3.21. The minimum Gasteiger partial charge on any atom is -0.309 e. The van der Waals surface area contributed by atoms with Crippen molar-refractivity contribution in [3.05, 3.63) is 83.0 Å². The summed E-state index contributed by atoms with van der Waals surface area (Å²) in [5.74, 6) is 0.334. The summed E-state index contributed by atoms with van der Waals surface area (Å²) in [6, 6.07) is 16.0. The second kappa shape index (κ2) is 8.54. The van der Waals surface area contributed by atoms with Crippen molar-refractivity contribution < 1.29 is 4.79 Å². The van der Waals surface area contributed by atoms with Gasteiger partial charge >= 0.3 is 0 Å². The van der Waals surface area contributed by atoms with Gasteiger partial charge in [-0.05, 0) is 12.1 Å². The van der Waals surface area contributed by atoms with E-state index >= 15 is 0 Å². The van der Waals surface area contributed by atoms with Crippen molar-refractivity contribution >= 4 is 11.7 Å². The lowest BCUT2D eigenvalue weighted by molar-refractivity contribution is -0.117. The summed E-state index contributed by atoms with van der Waals surface area (Å²) in [7, 11) is 0. The SMILES string of the molecule is CC(C)(C)c1cc(NC(=O)Cn2nc(-c3ccccc3)ccc2=O)n(-c2ncccn2)n1. The van der Waals surface area contributed by atoms with Gasteiger partial charge in [0.2, 0.25) is 5.91 Å². The van der Waals surface area contributed by atoms with Crippen LogP contribution in [0.15, 0.2) is 71.8 Å². The van der Waals surface area contributed by atoms with Crippen molar-refractivity contribution in [2.75, 3.05) is 5.32 Å². The van der Waals surface area contributed by atoms with Gasteiger partial charge in [-0.15, -0.1) is 0 Å². The zero-order valence-electron chi connectivity index (χ0n) is 18.1. The molecule has 4 aromatic rings. The fourth-order valence-corrected chi connectivity index (χ4v) is 3.03. The Hall–Kier alpha value is -4.14. The van der Waals surface area contributed by atoms with Crippen LogP contribution in [0.1, 0.15) is 26.5 Å². The van der Waals surface area contributed by atoms with Crippen molar-refractivity contribution in [1.82, 2.24) is 29.5 Å². The molecular weight excluding hydrogens is 406 g/mol. The Balaban J connectivity index is 1.61. The highest BCUT2D eigenvalue weighted by atomic mass is 16.2.